The average molecular weight is 391 g/mol. The molecule has 3 nitrogen and oxygen atoms in total. The van der Waals surface area contributed by atoms with Crippen LogP contribution < -0.4 is 31.0 Å². The minimum absolute atomic E-state index is 0. The SMILES string of the molecule is Cc1nccnc1C.N.[Cl-].[Cl-].[Pt+2]. The molecule has 0 saturated heterocycles. The molecule has 1 heterocycles. The van der Waals surface area contributed by atoms with Crippen LogP contribution in [0.25, 0.3) is 0 Å². The van der Waals surface area contributed by atoms with Crippen LogP contribution in [0.4, 0.5) is 0 Å². The van der Waals surface area contributed by atoms with Gasteiger partial charge in [-0.2, -0.15) is 0 Å². The van der Waals surface area contributed by atoms with Gasteiger partial charge in [0.2, 0.25) is 0 Å². The molecule has 0 atom stereocenters. The number of hydrogen-bond donors (Lipinski definition) is 1. The van der Waals surface area contributed by atoms with Crippen LogP contribution >= 0.6 is 0 Å². The van der Waals surface area contributed by atoms with E-state index in [2.05, 4.69) is 9.97 Å². The fourth-order valence-corrected chi connectivity index (χ4v) is 0.477. The van der Waals surface area contributed by atoms with Crippen molar-refractivity contribution in [1.82, 2.24) is 16.1 Å². The summed E-state index contributed by atoms with van der Waals surface area (Å²) in [6, 6.07) is 0. The summed E-state index contributed by atoms with van der Waals surface area (Å²) in [4.78, 5) is 8.03. The van der Waals surface area contributed by atoms with Crippen molar-refractivity contribution in [2.24, 2.45) is 0 Å². The van der Waals surface area contributed by atoms with Crippen molar-refractivity contribution >= 4 is 0 Å². The Kier molecular flexibility index (Phi) is 21.5. The zero-order valence-electron chi connectivity index (χ0n) is 6.83. The largest absolute Gasteiger partial charge is 2.00 e. The molecule has 0 aromatic carbocycles. The van der Waals surface area contributed by atoms with E-state index in [1.165, 1.54) is 0 Å². The second-order valence-electron chi connectivity index (χ2n) is 1.73. The fourth-order valence-electron chi connectivity index (χ4n) is 0.477. The molecule has 0 radical (unpaired) electrons. The summed E-state index contributed by atoms with van der Waals surface area (Å²) < 4.78 is 0. The molecule has 12 heavy (non-hydrogen) atoms. The maximum atomic E-state index is 4.02. The predicted octanol–water partition coefficient (Wildman–Crippen LogP) is -4.74. The summed E-state index contributed by atoms with van der Waals surface area (Å²) in [5, 5.41) is 0. The second-order valence-corrected chi connectivity index (χ2v) is 1.73. The maximum Gasteiger partial charge on any atom is 2.00 e. The van der Waals surface area contributed by atoms with E-state index in [1.54, 1.807) is 12.4 Å². The molecular formula is C6H11Cl2N3Pt. The van der Waals surface area contributed by atoms with Gasteiger partial charge in [0, 0.05) is 12.4 Å². The molecule has 0 aliphatic heterocycles. The number of hydrogen-bond acceptors (Lipinski definition) is 3. The van der Waals surface area contributed by atoms with Gasteiger partial charge in [-0.25, -0.2) is 0 Å². The molecule has 74 valence electrons. The van der Waals surface area contributed by atoms with E-state index in [-0.39, 0.29) is 52.0 Å². The number of halogens is 2. The van der Waals surface area contributed by atoms with Gasteiger partial charge < -0.3 is 31.0 Å². The Morgan fingerprint density at radius 2 is 1.17 bits per heavy atom. The molecule has 1 rings (SSSR count). The topological polar surface area (TPSA) is 60.8 Å². The van der Waals surface area contributed by atoms with E-state index in [9.17, 15) is 0 Å². The van der Waals surface area contributed by atoms with Gasteiger partial charge in [-0.15, -0.1) is 0 Å². The van der Waals surface area contributed by atoms with Crippen molar-refractivity contribution in [3.63, 3.8) is 0 Å². The molecule has 0 spiro atoms. The zero-order valence-corrected chi connectivity index (χ0v) is 10.6. The fraction of sp³-hybridized carbons (Fsp3) is 0.333. The Bertz CT molecular complexity index is 177. The summed E-state index contributed by atoms with van der Waals surface area (Å²) in [5.74, 6) is 0. The van der Waals surface area contributed by atoms with Crippen LogP contribution in [-0.2, 0) is 21.1 Å². The Hall–Kier alpha value is 0.308. The molecule has 0 aliphatic rings. The Morgan fingerprint density at radius 1 is 0.917 bits per heavy atom. The normalized spacial score (nSPS) is 6.17. The van der Waals surface area contributed by atoms with E-state index in [4.69, 9.17) is 0 Å². The quantitative estimate of drug-likeness (QED) is 0.484. The number of aromatic nitrogens is 2. The van der Waals surface area contributed by atoms with E-state index >= 15 is 0 Å². The van der Waals surface area contributed by atoms with Gasteiger partial charge in [0.05, 0.1) is 11.4 Å². The minimum atomic E-state index is 0. The third-order valence-corrected chi connectivity index (χ3v) is 1.13. The van der Waals surface area contributed by atoms with Crippen LogP contribution in [0.5, 0.6) is 0 Å². The van der Waals surface area contributed by atoms with Crippen molar-refractivity contribution in [2.45, 2.75) is 13.8 Å². The molecular weight excluding hydrogens is 380 g/mol. The van der Waals surface area contributed by atoms with Crippen molar-refractivity contribution in [1.29, 1.82) is 0 Å². The van der Waals surface area contributed by atoms with Gasteiger partial charge in [0.15, 0.2) is 0 Å². The molecule has 0 unspecified atom stereocenters. The van der Waals surface area contributed by atoms with E-state index < -0.39 is 0 Å². The van der Waals surface area contributed by atoms with E-state index in [0.717, 1.165) is 11.4 Å². The van der Waals surface area contributed by atoms with Gasteiger partial charge in [-0.1, -0.05) is 0 Å². The number of aryl methyl sites for hydroxylation is 2. The predicted molar refractivity (Wildman–Crippen MR) is 36.5 cm³/mol. The van der Waals surface area contributed by atoms with Crippen molar-refractivity contribution < 1.29 is 45.9 Å². The Balaban J connectivity index is -0.0000000800. The van der Waals surface area contributed by atoms with Crippen molar-refractivity contribution in [2.75, 3.05) is 0 Å². The number of nitrogens with zero attached hydrogens (tertiary/aromatic N) is 2. The van der Waals surface area contributed by atoms with E-state index in [0.29, 0.717) is 0 Å². The van der Waals surface area contributed by atoms with Crippen LogP contribution in [0.15, 0.2) is 12.4 Å². The molecule has 1 aromatic heterocycles. The standard InChI is InChI=1S/C6H8N2.2ClH.H3N.Pt/c1-5-6(2)8-4-3-7-5;;;;/h3-4H,1-2H3;2*1H;1H3;/q;;;;+2/p-2. The number of rotatable bonds is 0. The molecule has 6 heteroatoms. The first-order valence-electron chi connectivity index (χ1n) is 2.55. The molecule has 0 saturated carbocycles. The van der Waals surface area contributed by atoms with E-state index in [1.807, 2.05) is 13.8 Å². The summed E-state index contributed by atoms with van der Waals surface area (Å²) in [6.07, 6.45) is 3.39. The molecule has 0 aliphatic carbocycles. The van der Waals surface area contributed by atoms with Crippen LogP contribution in [0.1, 0.15) is 11.4 Å². The van der Waals surface area contributed by atoms with Gasteiger partial charge in [-0.05, 0) is 13.8 Å². The van der Waals surface area contributed by atoms with Gasteiger partial charge in [0.1, 0.15) is 0 Å². The third kappa shape index (κ3) is 6.98. The second kappa shape index (κ2) is 11.3. The molecule has 1 aromatic rings. The van der Waals surface area contributed by atoms with Crippen molar-refractivity contribution in [3.8, 4) is 0 Å². The first-order valence-corrected chi connectivity index (χ1v) is 2.55. The molecule has 0 amide bonds. The maximum absolute atomic E-state index is 4.02. The van der Waals surface area contributed by atoms with Crippen molar-refractivity contribution in [3.05, 3.63) is 23.8 Å². The summed E-state index contributed by atoms with van der Waals surface area (Å²) in [5.41, 5.74) is 2.01. The summed E-state index contributed by atoms with van der Waals surface area (Å²) in [7, 11) is 0. The van der Waals surface area contributed by atoms with Gasteiger partial charge in [0.25, 0.3) is 0 Å². The van der Waals surface area contributed by atoms with Crippen LogP contribution in [0, 0.1) is 13.8 Å². The Morgan fingerprint density at radius 3 is 1.33 bits per heavy atom. The average Bonchev–Trinajstić information content (AvgIpc) is 1.77. The molecule has 3 N–H and O–H groups in total. The van der Waals surface area contributed by atoms with Crippen LogP contribution in [0.2, 0.25) is 0 Å². The van der Waals surface area contributed by atoms with Gasteiger partial charge in [-0.3, -0.25) is 9.97 Å². The van der Waals surface area contributed by atoms with Gasteiger partial charge >= 0.3 is 21.1 Å². The molecule has 0 fully saturated rings. The summed E-state index contributed by atoms with van der Waals surface area (Å²) >= 11 is 0. The first kappa shape index (κ1) is 22.8. The monoisotopic (exact) mass is 390 g/mol. The van der Waals surface area contributed by atoms with Crippen LogP contribution in [0.3, 0.4) is 0 Å². The smallest absolute Gasteiger partial charge is 1.00 e. The molecule has 0 bridgehead atoms. The van der Waals surface area contributed by atoms with Crippen LogP contribution in [-0.4, -0.2) is 9.97 Å². The zero-order chi connectivity index (χ0) is 5.98. The first-order chi connectivity index (χ1) is 3.80. The Labute approximate surface area is 99.4 Å². The third-order valence-electron chi connectivity index (χ3n) is 1.13. The minimum Gasteiger partial charge on any atom is -1.00 e. The summed E-state index contributed by atoms with van der Waals surface area (Å²) in [6.45, 7) is 3.89.